The molecule has 0 radical (unpaired) electrons. The van der Waals surface area contributed by atoms with Crippen molar-refractivity contribution in [1.29, 1.82) is 0 Å². The van der Waals surface area contributed by atoms with E-state index in [1.54, 1.807) is 24.3 Å². The SMILES string of the molecule is CC[C@H](C(=O)OCC(=O)Nc1ccccc1C(C)=O)c1ccccc1. The first-order valence-corrected chi connectivity index (χ1v) is 8.14. The van der Waals surface area contributed by atoms with Crippen LogP contribution in [0.2, 0.25) is 0 Å². The van der Waals surface area contributed by atoms with Gasteiger partial charge in [-0.1, -0.05) is 49.4 Å². The van der Waals surface area contributed by atoms with Crippen LogP contribution < -0.4 is 5.32 Å². The zero-order chi connectivity index (χ0) is 18.2. The Bertz CT molecular complexity index is 755. The molecule has 1 atom stereocenters. The molecule has 1 amide bonds. The molecule has 0 aliphatic carbocycles. The lowest BCUT2D eigenvalue weighted by molar-refractivity contribution is -0.149. The maximum Gasteiger partial charge on any atom is 0.313 e. The Balaban J connectivity index is 1.96. The Morgan fingerprint density at radius 3 is 2.28 bits per heavy atom. The third-order valence-corrected chi connectivity index (χ3v) is 3.82. The molecule has 0 bridgehead atoms. The second kappa shape index (κ2) is 8.78. The van der Waals surface area contributed by atoms with Gasteiger partial charge < -0.3 is 10.1 Å². The molecule has 0 spiro atoms. The van der Waals surface area contributed by atoms with Crippen molar-refractivity contribution < 1.29 is 19.1 Å². The molecule has 0 unspecified atom stereocenters. The molecule has 130 valence electrons. The van der Waals surface area contributed by atoms with Crippen LogP contribution in [0.15, 0.2) is 54.6 Å². The van der Waals surface area contributed by atoms with E-state index in [1.165, 1.54) is 6.92 Å². The number of carbonyl (C=O) groups is 3. The lowest BCUT2D eigenvalue weighted by Gasteiger charge is -2.15. The highest BCUT2D eigenvalue weighted by Gasteiger charge is 2.21. The first-order valence-electron chi connectivity index (χ1n) is 8.14. The third kappa shape index (κ3) is 5.01. The number of benzene rings is 2. The quantitative estimate of drug-likeness (QED) is 0.618. The maximum atomic E-state index is 12.3. The van der Waals surface area contributed by atoms with E-state index in [4.69, 9.17) is 4.74 Å². The number of rotatable bonds is 7. The van der Waals surface area contributed by atoms with E-state index in [0.717, 1.165) is 5.56 Å². The molecular weight excluding hydrogens is 318 g/mol. The van der Waals surface area contributed by atoms with Gasteiger partial charge in [0.1, 0.15) is 0 Å². The van der Waals surface area contributed by atoms with E-state index in [9.17, 15) is 14.4 Å². The third-order valence-electron chi connectivity index (χ3n) is 3.82. The second-order valence-corrected chi connectivity index (χ2v) is 5.63. The van der Waals surface area contributed by atoms with Crippen LogP contribution in [0.5, 0.6) is 0 Å². The molecular formula is C20H21NO4. The Hall–Kier alpha value is -2.95. The van der Waals surface area contributed by atoms with Crippen LogP contribution >= 0.6 is 0 Å². The van der Waals surface area contributed by atoms with Crippen molar-refractivity contribution >= 4 is 23.3 Å². The summed E-state index contributed by atoms with van der Waals surface area (Å²) in [6.45, 7) is 2.92. The fraction of sp³-hybridized carbons (Fsp3) is 0.250. The van der Waals surface area contributed by atoms with Crippen LogP contribution in [0.3, 0.4) is 0 Å². The predicted octanol–water partition coefficient (Wildman–Crippen LogP) is 3.56. The fourth-order valence-electron chi connectivity index (χ4n) is 2.55. The molecule has 1 N–H and O–H groups in total. The topological polar surface area (TPSA) is 72.5 Å². The zero-order valence-electron chi connectivity index (χ0n) is 14.3. The fourth-order valence-corrected chi connectivity index (χ4v) is 2.55. The van der Waals surface area contributed by atoms with Gasteiger partial charge in [0.15, 0.2) is 12.4 Å². The average molecular weight is 339 g/mol. The molecule has 25 heavy (non-hydrogen) atoms. The summed E-state index contributed by atoms with van der Waals surface area (Å²) in [7, 11) is 0. The number of ketones is 1. The van der Waals surface area contributed by atoms with E-state index < -0.39 is 24.4 Å². The number of carbonyl (C=O) groups excluding carboxylic acids is 3. The number of Topliss-reactive ketones (excluding diaryl/α,β-unsaturated/α-hetero) is 1. The molecule has 2 rings (SSSR count). The van der Waals surface area contributed by atoms with Gasteiger partial charge in [-0.2, -0.15) is 0 Å². The molecule has 2 aromatic rings. The first-order chi connectivity index (χ1) is 12.0. The highest BCUT2D eigenvalue weighted by Crippen LogP contribution is 2.21. The second-order valence-electron chi connectivity index (χ2n) is 5.63. The summed E-state index contributed by atoms with van der Waals surface area (Å²) in [4.78, 5) is 35.9. The number of hydrogen-bond acceptors (Lipinski definition) is 4. The molecule has 5 heteroatoms. The standard InChI is InChI=1S/C20H21NO4/c1-3-16(15-9-5-4-6-10-15)20(24)25-13-19(23)21-18-12-8-7-11-17(18)14(2)22/h4-12,16H,3,13H2,1-2H3,(H,21,23)/t16-/m0/s1. The van der Waals surface area contributed by atoms with E-state index in [1.807, 2.05) is 37.3 Å². The van der Waals surface area contributed by atoms with Gasteiger partial charge in [0, 0.05) is 5.56 Å². The van der Waals surface area contributed by atoms with Gasteiger partial charge in [0.05, 0.1) is 11.6 Å². The van der Waals surface area contributed by atoms with Gasteiger partial charge in [0.25, 0.3) is 5.91 Å². The number of anilines is 1. The predicted molar refractivity (Wildman–Crippen MR) is 95.5 cm³/mol. The number of para-hydroxylation sites is 1. The highest BCUT2D eigenvalue weighted by atomic mass is 16.5. The van der Waals surface area contributed by atoms with Crippen molar-refractivity contribution in [2.45, 2.75) is 26.2 Å². The van der Waals surface area contributed by atoms with Crippen LogP contribution in [0.25, 0.3) is 0 Å². The number of hydrogen-bond donors (Lipinski definition) is 1. The molecule has 5 nitrogen and oxygen atoms in total. The largest absolute Gasteiger partial charge is 0.455 e. The van der Waals surface area contributed by atoms with Gasteiger partial charge >= 0.3 is 5.97 Å². The van der Waals surface area contributed by atoms with Gasteiger partial charge in [-0.15, -0.1) is 0 Å². The normalized spacial score (nSPS) is 11.4. The summed E-state index contributed by atoms with van der Waals surface area (Å²) in [6, 6.07) is 16.0. The van der Waals surface area contributed by atoms with Crippen molar-refractivity contribution in [3.05, 3.63) is 65.7 Å². The van der Waals surface area contributed by atoms with Gasteiger partial charge in [0.2, 0.25) is 0 Å². The van der Waals surface area contributed by atoms with Gasteiger partial charge in [-0.05, 0) is 31.0 Å². The smallest absolute Gasteiger partial charge is 0.313 e. The average Bonchev–Trinajstić information content (AvgIpc) is 2.62. The van der Waals surface area contributed by atoms with Crippen LogP contribution in [-0.4, -0.2) is 24.3 Å². The Morgan fingerprint density at radius 1 is 1.00 bits per heavy atom. The minimum Gasteiger partial charge on any atom is -0.455 e. The minimum atomic E-state index is -0.482. The summed E-state index contributed by atoms with van der Waals surface area (Å²) in [6.07, 6.45) is 0.581. The Kier molecular flexibility index (Phi) is 6.46. The lowest BCUT2D eigenvalue weighted by Crippen LogP contribution is -2.24. The summed E-state index contributed by atoms with van der Waals surface area (Å²) >= 11 is 0. The molecule has 0 aliphatic heterocycles. The number of amides is 1. The number of esters is 1. The number of nitrogens with one attached hydrogen (secondary N) is 1. The van der Waals surface area contributed by atoms with Crippen LogP contribution in [-0.2, 0) is 14.3 Å². The van der Waals surface area contributed by atoms with Gasteiger partial charge in [-0.3, -0.25) is 14.4 Å². The van der Waals surface area contributed by atoms with E-state index in [0.29, 0.717) is 17.7 Å². The zero-order valence-corrected chi connectivity index (χ0v) is 14.3. The lowest BCUT2D eigenvalue weighted by atomic mass is 9.97. The molecule has 0 saturated carbocycles. The monoisotopic (exact) mass is 339 g/mol. The van der Waals surface area contributed by atoms with E-state index >= 15 is 0 Å². The Morgan fingerprint density at radius 2 is 1.64 bits per heavy atom. The van der Waals surface area contributed by atoms with Crippen molar-refractivity contribution in [2.24, 2.45) is 0 Å². The molecule has 0 saturated heterocycles. The maximum absolute atomic E-state index is 12.3. The van der Waals surface area contributed by atoms with Crippen molar-refractivity contribution in [2.75, 3.05) is 11.9 Å². The van der Waals surface area contributed by atoms with E-state index in [-0.39, 0.29) is 5.78 Å². The molecule has 0 fully saturated rings. The van der Waals surface area contributed by atoms with Gasteiger partial charge in [-0.25, -0.2) is 0 Å². The van der Waals surface area contributed by atoms with Crippen LogP contribution in [0, 0.1) is 0 Å². The van der Waals surface area contributed by atoms with Crippen LogP contribution in [0.1, 0.15) is 42.1 Å². The highest BCUT2D eigenvalue weighted by molar-refractivity contribution is 6.04. The summed E-state index contributed by atoms with van der Waals surface area (Å²) < 4.78 is 5.15. The molecule has 0 aromatic heterocycles. The number of ether oxygens (including phenoxy) is 1. The van der Waals surface area contributed by atoms with Crippen LogP contribution in [0.4, 0.5) is 5.69 Å². The van der Waals surface area contributed by atoms with E-state index in [2.05, 4.69) is 5.32 Å². The summed E-state index contributed by atoms with van der Waals surface area (Å²) in [5.41, 5.74) is 1.68. The van der Waals surface area contributed by atoms with Crippen molar-refractivity contribution in [3.63, 3.8) is 0 Å². The minimum absolute atomic E-state index is 0.150. The summed E-state index contributed by atoms with van der Waals surface area (Å²) in [5.74, 6) is -1.48. The van der Waals surface area contributed by atoms with Crippen molar-refractivity contribution in [3.8, 4) is 0 Å². The summed E-state index contributed by atoms with van der Waals surface area (Å²) in [5, 5.41) is 2.61. The Labute approximate surface area is 147 Å². The molecule has 0 heterocycles. The molecule has 0 aliphatic rings. The van der Waals surface area contributed by atoms with Crippen molar-refractivity contribution in [1.82, 2.24) is 0 Å². The first kappa shape index (κ1) is 18.4. The molecule has 2 aromatic carbocycles.